The van der Waals surface area contributed by atoms with E-state index in [1.54, 1.807) is 6.20 Å². The van der Waals surface area contributed by atoms with Crippen LogP contribution in [-0.2, 0) is 0 Å². The molecule has 2 rings (SSSR count). The maximum absolute atomic E-state index is 10.5. The number of anilines is 2. The number of pyridine rings is 1. The summed E-state index contributed by atoms with van der Waals surface area (Å²) < 4.78 is 0.829. The first-order chi connectivity index (χ1) is 8.48. The van der Waals surface area contributed by atoms with E-state index in [0.717, 1.165) is 41.9 Å². The highest BCUT2D eigenvalue weighted by Crippen LogP contribution is 2.32. The molecule has 0 spiro atoms. The van der Waals surface area contributed by atoms with Gasteiger partial charge in [-0.2, -0.15) is 0 Å². The molecule has 0 bridgehead atoms. The fraction of sp³-hybridized carbons (Fsp3) is 0.615. The van der Waals surface area contributed by atoms with Crippen molar-refractivity contribution in [2.45, 2.75) is 38.2 Å². The molecule has 0 aliphatic heterocycles. The van der Waals surface area contributed by atoms with Gasteiger partial charge in [0.2, 0.25) is 0 Å². The van der Waals surface area contributed by atoms with Crippen LogP contribution in [0.5, 0.6) is 0 Å². The monoisotopic (exact) mass is 313 g/mol. The SMILES string of the molecule is CC1CCC(O)(CNc2ncc(N)cc2Br)CC1. The number of nitrogens with one attached hydrogen (secondary N) is 1. The van der Waals surface area contributed by atoms with Crippen molar-refractivity contribution in [3.8, 4) is 0 Å². The molecule has 1 aliphatic carbocycles. The minimum atomic E-state index is -0.602. The highest BCUT2D eigenvalue weighted by Gasteiger charge is 2.31. The van der Waals surface area contributed by atoms with Crippen LogP contribution in [0.15, 0.2) is 16.7 Å². The molecule has 1 fully saturated rings. The third kappa shape index (κ3) is 3.36. The molecule has 1 aromatic rings. The molecule has 0 aromatic carbocycles. The number of rotatable bonds is 3. The summed E-state index contributed by atoms with van der Waals surface area (Å²) in [6, 6.07) is 1.81. The van der Waals surface area contributed by atoms with Crippen molar-refractivity contribution in [1.29, 1.82) is 0 Å². The summed E-state index contributed by atoms with van der Waals surface area (Å²) in [7, 11) is 0. The number of halogens is 1. The fourth-order valence-corrected chi connectivity index (χ4v) is 2.81. The van der Waals surface area contributed by atoms with Gasteiger partial charge in [-0.1, -0.05) is 6.92 Å². The second-order valence-electron chi connectivity index (χ2n) is 5.36. The highest BCUT2D eigenvalue weighted by molar-refractivity contribution is 9.10. The summed E-state index contributed by atoms with van der Waals surface area (Å²) in [6.45, 7) is 2.78. The molecule has 1 aliphatic rings. The zero-order valence-electron chi connectivity index (χ0n) is 10.6. The van der Waals surface area contributed by atoms with Crippen molar-refractivity contribution in [1.82, 2.24) is 4.98 Å². The molecular formula is C13H20BrN3O. The third-order valence-electron chi connectivity index (χ3n) is 3.65. The van der Waals surface area contributed by atoms with Gasteiger partial charge in [-0.05, 0) is 53.6 Å². The number of aromatic nitrogens is 1. The largest absolute Gasteiger partial charge is 0.397 e. The van der Waals surface area contributed by atoms with Gasteiger partial charge >= 0.3 is 0 Å². The molecule has 0 atom stereocenters. The number of nitrogen functional groups attached to an aromatic ring is 1. The topological polar surface area (TPSA) is 71.2 Å². The first-order valence-corrected chi connectivity index (χ1v) is 7.15. The van der Waals surface area contributed by atoms with Gasteiger partial charge in [0.1, 0.15) is 5.82 Å². The summed E-state index contributed by atoms with van der Waals surface area (Å²) in [5.74, 6) is 1.46. The Balaban J connectivity index is 1.94. The standard InChI is InChI=1S/C13H20BrN3O/c1-9-2-4-13(18,5-3-9)8-17-12-11(14)6-10(15)7-16-12/h6-7,9,18H,2-5,8,15H2,1H3,(H,16,17). The Morgan fingerprint density at radius 2 is 2.22 bits per heavy atom. The van der Waals surface area contributed by atoms with Crippen molar-refractivity contribution in [2.75, 3.05) is 17.6 Å². The third-order valence-corrected chi connectivity index (χ3v) is 4.26. The van der Waals surface area contributed by atoms with Gasteiger partial charge in [-0.15, -0.1) is 0 Å². The molecule has 5 heteroatoms. The van der Waals surface area contributed by atoms with Gasteiger partial charge in [0.15, 0.2) is 0 Å². The number of nitrogens with two attached hydrogens (primary N) is 1. The molecule has 1 saturated carbocycles. The zero-order chi connectivity index (χ0) is 13.2. The minimum Gasteiger partial charge on any atom is -0.397 e. The quantitative estimate of drug-likeness (QED) is 0.802. The van der Waals surface area contributed by atoms with Crippen molar-refractivity contribution >= 4 is 27.4 Å². The summed E-state index contributed by atoms with van der Waals surface area (Å²) in [5.41, 5.74) is 5.66. The van der Waals surface area contributed by atoms with Crippen molar-refractivity contribution < 1.29 is 5.11 Å². The molecule has 100 valence electrons. The first-order valence-electron chi connectivity index (χ1n) is 6.36. The van der Waals surface area contributed by atoms with Crippen molar-refractivity contribution in [2.24, 2.45) is 5.92 Å². The van der Waals surface area contributed by atoms with Gasteiger partial charge in [0.25, 0.3) is 0 Å². The van der Waals surface area contributed by atoms with Gasteiger partial charge in [-0.3, -0.25) is 0 Å². The van der Waals surface area contributed by atoms with Crippen LogP contribution in [0.2, 0.25) is 0 Å². The maximum atomic E-state index is 10.5. The normalized spacial score (nSPS) is 28.1. The van der Waals surface area contributed by atoms with Crippen LogP contribution in [0.4, 0.5) is 11.5 Å². The predicted octanol–water partition coefficient (Wildman–Crippen LogP) is 2.78. The van der Waals surface area contributed by atoms with E-state index in [9.17, 15) is 5.11 Å². The first kappa shape index (κ1) is 13.6. The Morgan fingerprint density at radius 3 is 2.83 bits per heavy atom. The molecule has 0 unspecified atom stereocenters. The Labute approximate surface area is 116 Å². The van der Waals surface area contributed by atoms with Crippen LogP contribution in [0.25, 0.3) is 0 Å². The lowest BCUT2D eigenvalue weighted by Gasteiger charge is -2.35. The molecule has 0 radical (unpaired) electrons. The molecule has 1 aromatic heterocycles. The van der Waals surface area contributed by atoms with Gasteiger partial charge in [0.05, 0.1) is 22.0 Å². The van der Waals surface area contributed by atoms with E-state index < -0.39 is 5.60 Å². The molecule has 0 amide bonds. The van der Waals surface area contributed by atoms with Gasteiger partial charge in [0, 0.05) is 6.54 Å². The van der Waals surface area contributed by atoms with Gasteiger partial charge < -0.3 is 16.2 Å². The second kappa shape index (κ2) is 5.45. The highest BCUT2D eigenvalue weighted by atomic mass is 79.9. The number of aliphatic hydroxyl groups is 1. The Hall–Kier alpha value is -0.810. The van der Waals surface area contributed by atoms with E-state index in [-0.39, 0.29) is 0 Å². The molecule has 4 nitrogen and oxygen atoms in total. The van der Waals surface area contributed by atoms with E-state index in [1.165, 1.54) is 0 Å². The Kier molecular flexibility index (Phi) is 4.12. The summed E-state index contributed by atoms with van der Waals surface area (Å²) in [6.07, 6.45) is 5.50. The lowest BCUT2D eigenvalue weighted by Crippen LogP contribution is -2.40. The number of hydrogen-bond donors (Lipinski definition) is 3. The molecular weight excluding hydrogens is 294 g/mol. The van der Waals surface area contributed by atoms with Crippen LogP contribution in [0, 0.1) is 5.92 Å². The second-order valence-corrected chi connectivity index (χ2v) is 6.21. The van der Waals surface area contributed by atoms with Crippen LogP contribution in [-0.4, -0.2) is 22.2 Å². The van der Waals surface area contributed by atoms with Crippen molar-refractivity contribution in [3.63, 3.8) is 0 Å². The van der Waals surface area contributed by atoms with E-state index >= 15 is 0 Å². The van der Waals surface area contributed by atoms with Crippen LogP contribution in [0.3, 0.4) is 0 Å². The molecule has 0 saturated heterocycles. The Morgan fingerprint density at radius 1 is 1.56 bits per heavy atom. The van der Waals surface area contributed by atoms with Crippen LogP contribution in [0.1, 0.15) is 32.6 Å². The minimum absolute atomic E-state index is 0.537. The lowest BCUT2D eigenvalue weighted by molar-refractivity contribution is 0.00494. The van der Waals surface area contributed by atoms with Crippen LogP contribution < -0.4 is 11.1 Å². The summed E-state index contributed by atoms with van der Waals surface area (Å²) in [4.78, 5) is 4.21. The van der Waals surface area contributed by atoms with E-state index in [0.29, 0.717) is 12.2 Å². The van der Waals surface area contributed by atoms with E-state index in [4.69, 9.17) is 5.73 Å². The molecule has 4 N–H and O–H groups in total. The Bertz CT molecular complexity index is 417. The fourth-order valence-electron chi connectivity index (χ4n) is 2.31. The summed E-state index contributed by atoms with van der Waals surface area (Å²) in [5, 5.41) is 13.7. The smallest absolute Gasteiger partial charge is 0.140 e. The average molecular weight is 314 g/mol. The predicted molar refractivity (Wildman–Crippen MR) is 77.4 cm³/mol. The lowest BCUT2D eigenvalue weighted by atomic mass is 9.79. The zero-order valence-corrected chi connectivity index (χ0v) is 12.2. The maximum Gasteiger partial charge on any atom is 0.140 e. The van der Waals surface area contributed by atoms with Gasteiger partial charge in [-0.25, -0.2) is 4.98 Å². The molecule has 1 heterocycles. The number of nitrogens with zero attached hydrogens (tertiary/aromatic N) is 1. The number of hydrogen-bond acceptors (Lipinski definition) is 4. The van der Waals surface area contributed by atoms with Crippen molar-refractivity contribution in [3.05, 3.63) is 16.7 Å². The average Bonchev–Trinajstić information content (AvgIpc) is 2.32. The molecule has 18 heavy (non-hydrogen) atoms. The van der Waals surface area contributed by atoms with Crippen LogP contribution >= 0.6 is 15.9 Å². The van der Waals surface area contributed by atoms with E-state index in [2.05, 4.69) is 33.2 Å². The summed E-state index contributed by atoms with van der Waals surface area (Å²) >= 11 is 3.41. The van der Waals surface area contributed by atoms with E-state index in [1.807, 2.05) is 6.07 Å².